The summed E-state index contributed by atoms with van der Waals surface area (Å²) < 4.78 is 13.5. The summed E-state index contributed by atoms with van der Waals surface area (Å²) in [5, 5.41) is 11.0. The Kier molecular flexibility index (Phi) is 1.44. The highest BCUT2D eigenvalue weighted by molar-refractivity contribution is 7.17. The number of rotatable bonds is 0. The molecule has 1 aromatic carbocycles. The third-order valence-corrected chi connectivity index (χ3v) is 2.66. The maximum absolute atomic E-state index is 13.0. The number of phenols is 1. The van der Waals surface area contributed by atoms with Gasteiger partial charge < -0.3 is 10.8 Å². The van der Waals surface area contributed by atoms with Crippen molar-refractivity contribution in [1.29, 1.82) is 0 Å². The van der Waals surface area contributed by atoms with Gasteiger partial charge in [-0.05, 0) is 12.1 Å². The number of phenolic OH excluding ortho intramolecular Hbond substituents is 1. The van der Waals surface area contributed by atoms with Crippen molar-refractivity contribution in [3.63, 3.8) is 0 Å². The third-order valence-electron chi connectivity index (χ3n) is 1.69. The van der Waals surface area contributed by atoms with E-state index >= 15 is 0 Å². The molecular weight excluding hydrogens is 177 g/mol. The number of fused-ring (bicyclic) bond motifs is 1. The summed E-state index contributed by atoms with van der Waals surface area (Å²) >= 11 is 1.15. The van der Waals surface area contributed by atoms with Crippen molar-refractivity contribution in [2.75, 3.05) is 5.73 Å². The van der Waals surface area contributed by atoms with Gasteiger partial charge in [-0.25, -0.2) is 4.39 Å². The molecule has 0 radical (unpaired) electrons. The number of benzene rings is 1. The Balaban J connectivity index is 2.98. The number of anilines is 1. The fraction of sp³-hybridized carbons (Fsp3) is 0. The highest BCUT2D eigenvalue weighted by Crippen LogP contribution is 2.35. The molecule has 3 N–H and O–H groups in total. The van der Waals surface area contributed by atoms with Crippen molar-refractivity contribution in [2.24, 2.45) is 0 Å². The largest absolute Gasteiger partial charge is 0.506 e. The average Bonchev–Trinajstić information content (AvgIpc) is 2.42. The van der Waals surface area contributed by atoms with Crippen molar-refractivity contribution >= 4 is 27.1 Å². The highest BCUT2D eigenvalue weighted by Gasteiger charge is 2.09. The van der Waals surface area contributed by atoms with Gasteiger partial charge in [0.1, 0.15) is 11.6 Å². The van der Waals surface area contributed by atoms with Gasteiger partial charge in [0.2, 0.25) is 0 Å². The Morgan fingerprint density at radius 2 is 2.17 bits per heavy atom. The average molecular weight is 183 g/mol. The van der Waals surface area contributed by atoms with Crippen LogP contribution in [0.5, 0.6) is 5.75 Å². The topological polar surface area (TPSA) is 46.2 Å². The first kappa shape index (κ1) is 7.36. The molecule has 62 valence electrons. The van der Waals surface area contributed by atoms with Crippen LogP contribution in [0.15, 0.2) is 17.5 Å². The zero-order valence-electron chi connectivity index (χ0n) is 6.04. The molecule has 0 spiro atoms. The molecule has 0 unspecified atom stereocenters. The molecule has 0 fully saturated rings. The van der Waals surface area contributed by atoms with Crippen molar-refractivity contribution in [3.05, 3.63) is 23.3 Å². The maximum Gasteiger partial charge on any atom is 0.143 e. The van der Waals surface area contributed by atoms with Crippen LogP contribution in [0.4, 0.5) is 10.1 Å². The molecule has 0 aliphatic rings. The van der Waals surface area contributed by atoms with Gasteiger partial charge in [0.05, 0.1) is 10.1 Å². The van der Waals surface area contributed by atoms with Crippen molar-refractivity contribution < 1.29 is 9.50 Å². The summed E-state index contributed by atoms with van der Waals surface area (Å²) in [7, 11) is 0. The van der Waals surface area contributed by atoms with Crippen LogP contribution < -0.4 is 5.73 Å². The van der Waals surface area contributed by atoms with Crippen LogP contribution in [-0.2, 0) is 0 Å². The zero-order chi connectivity index (χ0) is 8.72. The normalized spacial score (nSPS) is 10.8. The van der Waals surface area contributed by atoms with Crippen molar-refractivity contribution in [2.45, 2.75) is 0 Å². The molecule has 0 aliphatic carbocycles. The molecule has 1 heterocycles. The second-order valence-corrected chi connectivity index (χ2v) is 3.34. The predicted octanol–water partition coefficient (Wildman–Crippen LogP) is 2.33. The second kappa shape index (κ2) is 2.35. The molecule has 2 rings (SSSR count). The summed E-state index contributed by atoms with van der Waals surface area (Å²) in [5.74, 6) is -0.295. The molecule has 0 atom stereocenters. The Morgan fingerprint density at radius 3 is 2.83 bits per heavy atom. The number of nitrogen functional groups attached to an aromatic ring is 1. The van der Waals surface area contributed by atoms with Gasteiger partial charge in [0.15, 0.2) is 0 Å². The van der Waals surface area contributed by atoms with Crippen LogP contribution in [0.2, 0.25) is 0 Å². The van der Waals surface area contributed by atoms with Gasteiger partial charge in [0.25, 0.3) is 0 Å². The zero-order valence-corrected chi connectivity index (χ0v) is 6.86. The Bertz CT molecular complexity index is 438. The van der Waals surface area contributed by atoms with Gasteiger partial charge in [-0.15, -0.1) is 11.3 Å². The standard InChI is InChI=1S/C8H6FNOS/c9-4-3-12-8-6(11)2-1-5(10)7(4)8/h1-3,11H,10H2. The van der Waals surface area contributed by atoms with E-state index in [4.69, 9.17) is 5.73 Å². The number of hydrogen-bond acceptors (Lipinski definition) is 3. The van der Waals surface area contributed by atoms with Crippen LogP contribution in [0, 0.1) is 5.82 Å². The van der Waals surface area contributed by atoms with E-state index in [0.29, 0.717) is 15.8 Å². The first-order valence-corrected chi connectivity index (χ1v) is 4.22. The number of aromatic hydroxyl groups is 1. The molecule has 1 aromatic heterocycles. The number of hydrogen-bond donors (Lipinski definition) is 2. The lowest BCUT2D eigenvalue weighted by atomic mass is 10.2. The van der Waals surface area contributed by atoms with Crippen LogP contribution in [0.1, 0.15) is 0 Å². The molecule has 0 aliphatic heterocycles. The van der Waals surface area contributed by atoms with Crippen LogP contribution in [-0.4, -0.2) is 5.11 Å². The maximum atomic E-state index is 13.0. The molecule has 0 amide bonds. The van der Waals surface area contributed by atoms with Crippen LogP contribution >= 0.6 is 11.3 Å². The molecule has 0 saturated carbocycles. The van der Waals surface area contributed by atoms with E-state index in [-0.39, 0.29) is 11.6 Å². The summed E-state index contributed by atoms with van der Waals surface area (Å²) in [6.07, 6.45) is 0. The van der Waals surface area contributed by atoms with Crippen molar-refractivity contribution in [3.8, 4) is 5.75 Å². The Morgan fingerprint density at radius 1 is 1.42 bits per heavy atom. The quantitative estimate of drug-likeness (QED) is 0.486. The van der Waals surface area contributed by atoms with E-state index in [2.05, 4.69) is 0 Å². The fourth-order valence-electron chi connectivity index (χ4n) is 1.12. The molecule has 0 saturated heterocycles. The molecule has 2 nitrogen and oxygen atoms in total. The molecule has 0 bridgehead atoms. The first-order chi connectivity index (χ1) is 5.70. The lowest BCUT2D eigenvalue weighted by Gasteiger charge is -1.97. The molecule has 2 aromatic rings. The third kappa shape index (κ3) is 0.848. The number of nitrogens with two attached hydrogens (primary N) is 1. The van der Waals surface area contributed by atoms with Gasteiger partial charge in [0, 0.05) is 11.1 Å². The minimum absolute atomic E-state index is 0.0769. The monoisotopic (exact) mass is 183 g/mol. The molecule has 12 heavy (non-hydrogen) atoms. The van der Waals surface area contributed by atoms with Gasteiger partial charge in [-0.2, -0.15) is 0 Å². The Hall–Kier alpha value is -1.29. The minimum atomic E-state index is -0.372. The van der Waals surface area contributed by atoms with E-state index in [0.717, 1.165) is 11.3 Å². The van der Waals surface area contributed by atoms with E-state index in [1.807, 2.05) is 0 Å². The van der Waals surface area contributed by atoms with Gasteiger partial charge in [-0.3, -0.25) is 0 Å². The van der Waals surface area contributed by atoms with Crippen LogP contribution in [0.25, 0.3) is 10.1 Å². The van der Waals surface area contributed by atoms with E-state index in [1.54, 1.807) is 0 Å². The predicted molar refractivity (Wildman–Crippen MR) is 47.9 cm³/mol. The molecular formula is C8H6FNOS. The highest BCUT2D eigenvalue weighted by atomic mass is 32.1. The fourth-order valence-corrected chi connectivity index (χ4v) is 1.98. The second-order valence-electron chi connectivity index (χ2n) is 2.46. The lowest BCUT2D eigenvalue weighted by molar-refractivity contribution is 0.482. The van der Waals surface area contributed by atoms with Crippen molar-refractivity contribution in [1.82, 2.24) is 0 Å². The number of halogens is 1. The SMILES string of the molecule is Nc1ccc(O)c2scc(F)c12. The summed E-state index contributed by atoms with van der Waals surface area (Å²) in [6, 6.07) is 2.96. The van der Waals surface area contributed by atoms with Gasteiger partial charge in [-0.1, -0.05) is 0 Å². The van der Waals surface area contributed by atoms with Gasteiger partial charge >= 0.3 is 0 Å². The number of thiophene rings is 1. The lowest BCUT2D eigenvalue weighted by Crippen LogP contribution is -1.85. The summed E-state index contributed by atoms with van der Waals surface area (Å²) in [4.78, 5) is 0. The smallest absolute Gasteiger partial charge is 0.143 e. The van der Waals surface area contributed by atoms with E-state index in [1.165, 1.54) is 17.5 Å². The molecule has 4 heteroatoms. The van der Waals surface area contributed by atoms with E-state index < -0.39 is 0 Å². The minimum Gasteiger partial charge on any atom is -0.506 e. The Labute approximate surface area is 72.1 Å². The summed E-state index contributed by atoms with van der Waals surface area (Å²) in [5.41, 5.74) is 5.89. The first-order valence-electron chi connectivity index (χ1n) is 3.34. The van der Waals surface area contributed by atoms with Crippen LogP contribution in [0.3, 0.4) is 0 Å². The summed E-state index contributed by atoms with van der Waals surface area (Å²) in [6.45, 7) is 0. The van der Waals surface area contributed by atoms with E-state index in [9.17, 15) is 9.50 Å².